The molecule has 1 atom stereocenters. The van der Waals surface area contributed by atoms with E-state index in [1.165, 1.54) is 81.2 Å². The number of hydrogen-bond acceptors (Lipinski definition) is 5. The molecule has 0 spiro atoms. The van der Waals surface area contributed by atoms with Crippen LogP contribution >= 0.6 is 15.9 Å². The van der Waals surface area contributed by atoms with Gasteiger partial charge < -0.3 is 10.0 Å². The number of amides is 1. The van der Waals surface area contributed by atoms with Crippen LogP contribution in [-0.2, 0) is 9.59 Å². The Morgan fingerprint density at radius 2 is 1.41 bits per heavy atom. The number of aliphatic hydroxyl groups is 1. The van der Waals surface area contributed by atoms with E-state index in [9.17, 15) is 24.8 Å². The van der Waals surface area contributed by atoms with E-state index in [2.05, 4.69) is 22.9 Å². The summed E-state index contributed by atoms with van der Waals surface area (Å²) in [5, 5.41) is 22.6. The molecular formula is C33H43BrN2O5. The predicted molar refractivity (Wildman–Crippen MR) is 167 cm³/mol. The number of benzene rings is 2. The quantitative estimate of drug-likeness (QED) is 0.0443. The third-order valence-corrected chi connectivity index (χ3v) is 8.28. The van der Waals surface area contributed by atoms with E-state index in [4.69, 9.17) is 0 Å². The fraction of sp³-hybridized carbons (Fsp3) is 0.515. The fourth-order valence-electron chi connectivity index (χ4n) is 5.53. The van der Waals surface area contributed by atoms with Gasteiger partial charge in [0, 0.05) is 28.7 Å². The van der Waals surface area contributed by atoms with Crippen LogP contribution in [0.4, 0.5) is 5.69 Å². The largest absolute Gasteiger partial charge is 0.507 e. The predicted octanol–water partition coefficient (Wildman–Crippen LogP) is 9.26. The van der Waals surface area contributed by atoms with Crippen molar-refractivity contribution in [2.75, 3.05) is 6.54 Å². The van der Waals surface area contributed by atoms with Gasteiger partial charge in [0.25, 0.3) is 17.4 Å². The molecule has 1 N–H and O–H groups in total. The third-order valence-electron chi connectivity index (χ3n) is 7.79. The number of unbranched alkanes of at least 4 members (excludes halogenated alkanes) is 13. The summed E-state index contributed by atoms with van der Waals surface area (Å²) in [6, 6.07) is 11.9. The van der Waals surface area contributed by atoms with Crippen LogP contribution in [0.25, 0.3) is 5.76 Å². The first-order valence-corrected chi connectivity index (χ1v) is 15.9. The van der Waals surface area contributed by atoms with Crippen molar-refractivity contribution in [3.63, 3.8) is 0 Å². The highest BCUT2D eigenvalue weighted by molar-refractivity contribution is 9.10. The molecule has 1 amide bonds. The summed E-state index contributed by atoms with van der Waals surface area (Å²) in [5.74, 6) is -1.75. The molecule has 1 saturated heterocycles. The van der Waals surface area contributed by atoms with Crippen LogP contribution in [0.5, 0.6) is 0 Å². The monoisotopic (exact) mass is 626 g/mol. The lowest BCUT2D eigenvalue weighted by Gasteiger charge is -2.25. The Labute approximate surface area is 252 Å². The summed E-state index contributed by atoms with van der Waals surface area (Å²) in [5.41, 5.74) is 0.649. The van der Waals surface area contributed by atoms with Crippen molar-refractivity contribution in [1.29, 1.82) is 0 Å². The highest BCUT2D eigenvalue weighted by atomic mass is 79.9. The molecule has 8 heteroatoms. The van der Waals surface area contributed by atoms with Crippen LogP contribution < -0.4 is 0 Å². The number of nitro benzene ring substituents is 1. The molecule has 1 heterocycles. The van der Waals surface area contributed by atoms with Crippen molar-refractivity contribution in [1.82, 2.24) is 4.90 Å². The van der Waals surface area contributed by atoms with Crippen molar-refractivity contribution in [3.05, 3.63) is 79.8 Å². The lowest BCUT2D eigenvalue weighted by atomic mass is 9.95. The SMILES string of the molecule is CCCCCCCCCCCCCCCCN1C(=O)C(=O)/C(=C(/O)c2cccc(Br)c2)[C@@H]1c1cccc([N+](=O)[O-])c1. The normalized spacial score (nSPS) is 16.4. The van der Waals surface area contributed by atoms with Crippen molar-refractivity contribution in [2.45, 2.75) is 103 Å². The third kappa shape index (κ3) is 9.52. The summed E-state index contributed by atoms with van der Waals surface area (Å²) in [6.07, 6.45) is 17.0. The van der Waals surface area contributed by atoms with E-state index in [0.717, 1.165) is 19.3 Å². The molecule has 3 rings (SSSR count). The van der Waals surface area contributed by atoms with Crippen molar-refractivity contribution >= 4 is 39.1 Å². The molecule has 0 aliphatic carbocycles. The number of aliphatic hydroxyl groups excluding tert-OH is 1. The van der Waals surface area contributed by atoms with Gasteiger partial charge in [0.05, 0.1) is 16.5 Å². The van der Waals surface area contributed by atoms with Crippen LogP contribution in [0, 0.1) is 10.1 Å². The minimum Gasteiger partial charge on any atom is -0.507 e. The fourth-order valence-corrected chi connectivity index (χ4v) is 5.93. The number of carbonyl (C=O) groups excluding carboxylic acids is 2. The van der Waals surface area contributed by atoms with Crippen LogP contribution in [0.1, 0.15) is 114 Å². The Bertz CT molecular complexity index is 1210. The molecule has 0 saturated carbocycles. The van der Waals surface area contributed by atoms with E-state index < -0.39 is 22.7 Å². The van der Waals surface area contributed by atoms with Gasteiger partial charge in [-0.2, -0.15) is 0 Å². The van der Waals surface area contributed by atoms with Gasteiger partial charge in [-0.05, 0) is 24.1 Å². The molecule has 2 aromatic carbocycles. The zero-order chi connectivity index (χ0) is 29.6. The van der Waals surface area contributed by atoms with Gasteiger partial charge in [0.1, 0.15) is 5.76 Å². The summed E-state index contributed by atoms with van der Waals surface area (Å²) in [4.78, 5) is 38.8. The number of nitrogens with zero attached hydrogens (tertiary/aromatic N) is 2. The maximum absolute atomic E-state index is 13.2. The van der Waals surface area contributed by atoms with Gasteiger partial charge in [-0.15, -0.1) is 0 Å². The first kappa shape index (κ1) is 32.5. The highest BCUT2D eigenvalue weighted by Gasteiger charge is 2.46. The standard InChI is InChI=1S/C33H43BrN2O5/c1-2-3-4-5-6-7-8-9-10-11-12-13-14-15-22-35-30(25-18-17-21-28(24-25)36(40)41)29(32(38)33(35)39)31(37)26-19-16-20-27(34)23-26/h16-21,23-24,30,37H,2-15,22H2,1H3/b31-29+/t30-/m0/s1. The molecule has 1 aliphatic heterocycles. The van der Waals surface area contributed by atoms with Crippen molar-refractivity contribution in [2.24, 2.45) is 0 Å². The number of likely N-dealkylation sites (tertiary alicyclic amines) is 1. The molecule has 1 aliphatic rings. The molecular weight excluding hydrogens is 584 g/mol. The molecule has 7 nitrogen and oxygen atoms in total. The Morgan fingerprint density at radius 3 is 1.98 bits per heavy atom. The average molecular weight is 628 g/mol. The number of hydrogen-bond donors (Lipinski definition) is 1. The van der Waals surface area contributed by atoms with Crippen LogP contribution in [0.3, 0.4) is 0 Å². The van der Waals surface area contributed by atoms with Gasteiger partial charge in [0.15, 0.2) is 0 Å². The molecule has 0 unspecified atom stereocenters. The second-order valence-electron chi connectivity index (χ2n) is 11.0. The van der Waals surface area contributed by atoms with E-state index in [1.54, 1.807) is 36.4 Å². The second-order valence-corrected chi connectivity index (χ2v) is 11.9. The first-order chi connectivity index (χ1) is 19.8. The number of rotatable bonds is 18. The molecule has 1 fully saturated rings. The number of nitro groups is 1. The minimum absolute atomic E-state index is 0.0426. The van der Waals surface area contributed by atoms with E-state index >= 15 is 0 Å². The minimum atomic E-state index is -0.893. The van der Waals surface area contributed by atoms with Crippen molar-refractivity contribution in [3.8, 4) is 0 Å². The average Bonchev–Trinajstić information content (AvgIpc) is 3.22. The Balaban J connectivity index is 1.60. The molecule has 0 radical (unpaired) electrons. The molecule has 2 aromatic rings. The topological polar surface area (TPSA) is 101 Å². The van der Waals surface area contributed by atoms with E-state index in [0.29, 0.717) is 28.6 Å². The maximum atomic E-state index is 13.2. The van der Waals surface area contributed by atoms with Crippen molar-refractivity contribution < 1.29 is 19.6 Å². The number of non-ortho nitro benzene ring substituents is 1. The molecule has 0 aromatic heterocycles. The molecule has 41 heavy (non-hydrogen) atoms. The van der Waals surface area contributed by atoms with Gasteiger partial charge in [-0.25, -0.2) is 0 Å². The summed E-state index contributed by atoms with van der Waals surface area (Å²) in [7, 11) is 0. The lowest BCUT2D eigenvalue weighted by molar-refractivity contribution is -0.384. The first-order valence-electron chi connectivity index (χ1n) is 15.1. The lowest BCUT2D eigenvalue weighted by Crippen LogP contribution is -2.30. The Kier molecular flexibility index (Phi) is 13.5. The zero-order valence-corrected chi connectivity index (χ0v) is 25.7. The number of halogens is 1. The number of Topliss-reactive ketones (excluding diaryl/α,β-unsaturated/α-hetero) is 1. The zero-order valence-electron chi connectivity index (χ0n) is 24.2. The van der Waals surface area contributed by atoms with E-state index in [1.807, 2.05) is 0 Å². The second kappa shape index (κ2) is 17.1. The van der Waals surface area contributed by atoms with Gasteiger partial charge >= 0.3 is 0 Å². The van der Waals surface area contributed by atoms with E-state index in [-0.39, 0.29) is 17.0 Å². The maximum Gasteiger partial charge on any atom is 0.295 e. The number of carbonyl (C=O) groups is 2. The molecule has 0 bridgehead atoms. The van der Waals surface area contributed by atoms with Gasteiger partial charge in [-0.3, -0.25) is 19.7 Å². The smallest absolute Gasteiger partial charge is 0.295 e. The highest BCUT2D eigenvalue weighted by Crippen LogP contribution is 2.40. The summed E-state index contributed by atoms with van der Waals surface area (Å²) >= 11 is 3.38. The summed E-state index contributed by atoms with van der Waals surface area (Å²) in [6.45, 7) is 2.58. The van der Waals surface area contributed by atoms with Gasteiger partial charge in [0.2, 0.25) is 0 Å². The van der Waals surface area contributed by atoms with Crippen LogP contribution in [-0.4, -0.2) is 33.2 Å². The van der Waals surface area contributed by atoms with Gasteiger partial charge in [-0.1, -0.05) is 131 Å². The molecule has 222 valence electrons. The Hall–Kier alpha value is -3.00. The Morgan fingerprint density at radius 1 is 0.854 bits per heavy atom. The summed E-state index contributed by atoms with van der Waals surface area (Å²) < 4.78 is 0.713. The van der Waals surface area contributed by atoms with Crippen LogP contribution in [0.2, 0.25) is 0 Å². The number of ketones is 1. The van der Waals surface area contributed by atoms with Crippen LogP contribution in [0.15, 0.2) is 58.6 Å².